The molecule has 3 aromatic rings. The van der Waals surface area contributed by atoms with Crippen LogP contribution in [0.25, 0.3) is 0 Å². The smallest absolute Gasteiger partial charge is 0.270 e. The number of aryl methyl sites for hydroxylation is 1. The van der Waals surface area contributed by atoms with Gasteiger partial charge < -0.3 is 15.4 Å². The minimum absolute atomic E-state index is 0.231. The maximum Gasteiger partial charge on any atom is 0.270 e. The Morgan fingerprint density at radius 2 is 1.89 bits per heavy atom. The molecule has 2 N–H and O–H groups in total. The highest BCUT2D eigenvalue weighted by Crippen LogP contribution is 2.15. The van der Waals surface area contributed by atoms with Gasteiger partial charge in [0.15, 0.2) is 0 Å². The number of methoxy groups -OCH3 is 1. The molecule has 27 heavy (non-hydrogen) atoms. The van der Waals surface area contributed by atoms with E-state index in [1.54, 1.807) is 32.2 Å². The van der Waals surface area contributed by atoms with Crippen molar-refractivity contribution in [3.05, 3.63) is 77.4 Å². The maximum absolute atomic E-state index is 13.3. The van der Waals surface area contributed by atoms with Crippen molar-refractivity contribution in [3.8, 4) is 5.75 Å². The third-order valence-corrected chi connectivity index (χ3v) is 3.78. The van der Waals surface area contributed by atoms with E-state index in [0.717, 1.165) is 11.3 Å². The molecule has 0 unspecified atom stereocenters. The molecule has 1 amide bonds. The molecule has 0 aliphatic carbocycles. The van der Waals surface area contributed by atoms with Gasteiger partial charge in [-0.3, -0.25) is 4.79 Å². The third-order valence-electron chi connectivity index (χ3n) is 3.78. The quantitative estimate of drug-likeness (QED) is 0.697. The second-order valence-corrected chi connectivity index (χ2v) is 5.88. The zero-order valence-electron chi connectivity index (χ0n) is 15.0. The van der Waals surface area contributed by atoms with Crippen molar-refractivity contribution in [2.24, 2.45) is 0 Å². The number of amides is 1. The molecule has 0 saturated carbocycles. The molecule has 1 aromatic heterocycles. The van der Waals surface area contributed by atoms with Gasteiger partial charge in [-0.15, -0.1) is 0 Å². The predicted octanol–water partition coefficient (Wildman–Crippen LogP) is 3.61. The van der Waals surface area contributed by atoms with Crippen LogP contribution in [0.15, 0.2) is 54.6 Å². The van der Waals surface area contributed by atoms with Crippen LogP contribution in [-0.4, -0.2) is 23.0 Å². The normalized spacial score (nSPS) is 10.3. The summed E-state index contributed by atoms with van der Waals surface area (Å²) in [6.45, 7) is 2.12. The van der Waals surface area contributed by atoms with E-state index in [1.807, 2.05) is 24.3 Å². The van der Waals surface area contributed by atoms with E-state index in [-0.39, 0.29) is 23.4 Å². The van der Waals surface area contributed by atoms with E-state index in [1.165, 1.54) is 12.1 Å². The molecule has 0 aliphatic heterocycles. The average molecular weight is 366 g/mol. The van der Waals surface area contributed by atoms with E-state index in [2.05, 4.69) is 20.6 Å². The standard InChI is InChI=1S/C20H19FN4O2/c1-13-10-18(19(26)22-12-14-6-8-17(27-2)9-7-14)25-20(23-13)24-16-5-3-4-15(21)11-16/h3-11H,12H2,1-2H3,(H,22,26)(H,23,24,25). The number of benzene rings is 2. The van der Waals surface area contributed by atoms with Crippen molar-refractivity contribution in [2.45, 2.75) is 13.5 Å². The largest absolute Gasteiger partial charge is 0.497 e. The van der Waals surface area contributed by atoms with Crippen molar-refractivity contribution in [3.63, 3.8) is 0 Å². The Kier molecular flexibility index (Phi) is 5.61. The Hall–Kier alpha value is -3.48. The summed E-state index contributed by atoms with van der Waals surface area (Å²) in [5.41, 5.74) is 2.30. The molecule has 2 aromatic carbocycles. The number of ether oxygens (including phenoxy) is 1. The van der Waals surface area contributed by atoms with E-state index < -0.39 is 0 Å². The molecule has 7 heteroatoms. The lowest BCUT2D eigenvalue weighted by Gasteiger charge is -2.09. The molecule has 0 bridgehead atoms. The van der Waals surface area contributed by atoms with Gasteiger partial charge in [-0.1, -0.05) is 18.2 Å². The minimum atomic E-state index is -0.370. The number of carbonyl (C=O) groups is 1. The molecule has 0 atom stereocenters. The highest BCUT2D eigenvalue weighted by Gasteiger charge is 2.11. The molecule has 0 fully saturated rings. The fraction of sp³-hybridized carbons (Fsp3) is 0.150. The number of rotatable bonds is 6. The van der Waals surface area contributed by atoms with Gasteiger partial charge in [0.05, 0.1) is 7.11 Å². The van der Waals surface area contributed by atoms with Crippen LogP contribution in [0, 0.1) is 12.7 Å². The van der Waals surface area contributed by atoms with Crippen molar-refractivity contribution in [2.75, 3.05) is 12.4 Å². The average Bonchev–Trinajstić information content (AvgIpc) is 2.66. The first-order valence-corrected chi connectivity index (χ1v) is 8.33. The lowest BCUT2D eigenvalue weighted by atomic mass is 10.2. The predicted molar refractivity (Wildman–Crippen MR) is 101 cm³/mol. The van der Waals surface area contributed by atoms with Gasteiger partial charge in [0.25, 0.3) is 5.91 Å². The van der Waals surface area contributed by atoms with Gasteiger partial charge in [0.2, 0.25) is 5.95 Å². The van der Waals surface area contributed by atoms with E-state index >= 15 is 0 Å². The first kappa shape index (κ1) is 18.3. The monoisotopic (exact) mass is 366 g/mol. The number of halogens is 1. The summed E-state index contributed by atoms with van der Waals surface area (Å²) >= 11 is 0. The third kappa shape index (κ3) is 5.01. The molecule has 3 rings (SSSR count). The molecule has 6 nitrogen and oxygen atoms in total. The summed E-state index contributed by atoms with van der Waals surface area (Å²) in [5, 5.41) is 5.73. The molecule has 138 valence electrons. The van der Waals surface area contributed by atoms with Gasteiger partial charge in [-0.05, 0) is 48.9 Å². The van der Waals surface area contributed by atoms with Crippen molar-refractivity contribution >= 4 is 17.5 Å². The molecule has 0 saturated heterocycles. The number of nitrogens with zero attached hydrogens (tertiary/aromatic N) is 2. The van der Waals surface area contributed by atoms with Crippen LogP contribution >= 0.6 is 0 Å². The molecule has 0 spiro atoms. The Morgan fingerprint density at radius 1 is 1.11 bits per heavy atom. The van der Waals surface area contributed by atoms with Gasteiger partial charge in [0.1, 0.15) is 17.3 Å². The van der Waals surface area contributed by atoms with Gasteiger partial charge in [-0.2, -0.15) is 0 Å². The summed E-state index contributed by atoms with van der Waals surface area (Å²) in [6.07, 6.45) is 0. The van der Waals surface area contributed by atoms with E-state index in [9.17, 15) is 9.18 Å². The fourth-order valence-electron chi connectivity index (χ4n) is 2.45. The maximum atomic E-state index is 13.3. The second-order valence-electron chi connectivity index (χ2n) is 5.88. The second kappa shape index (κ2) is 8.27. The van der Waals surface area contributed by atoms with Crippen molar-refractivity contribution in [1.29, 1.82) is 0 Å². The van der Waals surface area contributed by atoms with E-state index in [0.29, 0.717) is 17.9 Å². The van der Waals surface area contributed by atoms with Crippen LogP contribution in [0.2, 0.25) is 0 Å². The zero-order chi connectivity index (χ0) is 19.2. The first-order valence-electron chi connectivity index (χ1n) is 8.33. The summed E-state index contributed by atoms with van der Waals surface area (Å²) in [4.78, 5) is 20.9. The zero-order valence-corrected chi connectivity index (χ0v) is 15.0. The van der Waals surface area contributed by atoms with Crippen molar-refractivity contribution < 1.29 is 13.9 Å². The van der Waals surface area contributed by atoms with Gasteiger partial charge in [0, 0.05) is 17.9 Å². The summed E-state index contributed by atoms with van der Waals surface area (Å²) < 4.78 is 18.4. The summed E-state index contributed by atoms with van der Waals surface area (Å²) in [6, 6.07) is 15.0. The van der Waals surface area contributed by atoms with Crippen LogP contribution in [0.1, 0.15) is 21.7 Å². The summed E-state index contributed by atoms with van der Waals surface area (Å²) in [5.74, 6) is 0.295. The number of carbonyl (C=O) groups excluding carboxylic acids is 1. The van der Waals surface area contributed by atoms with Crippen LogP contribution in [0.4, 0.5) is 16.0 Å². The molecule has 0 aliphatic rings. The topological polar surface area (TPSA) is 76.1 Å². The van der Waals surface area contributed by atoms with Gasteiger partial charge >= 0.3 is 0 Å². The SMILES string of the molecule is COc1ccc(CNC(=O)c2cc(C)nc(Nc3cccc(F)c3)n2)cc1. The molecular formula is C20H19FN4O2. The molecule has 0 radical (unpaired) electrons. The van der Waals surface area contributed by atoms with Crippen LogP contribution in [0.3, 0.4) is 0 Å². The highest BCUT2D eigenvalue weighted by atomic mass is 19.1. The number of nitrogens with one attached hydrogen (secondary N) is 2. The Morgan fingerprint density at radius 3 is 2.59 bits per heavy atom. The van der Waals surface area contributed by atoms with Crippen LogP contribution in [0.5, 0.6) is 5.75 Å². The summed E-state index contributed by atoms with van der Waals surface area (Å²) in [7, 11) is 1.60. The first-order chi connectivity index (χ1) is 13.0. The highest BCUT2D eigenvalue weighted by molar-refractivity contribution is 5.92. The Bertz CT molecular complexity index is 945. The fourth-order valence-corrected chi connectivity index (χ4v) is 2.45. The van der Waals surface area contributed by atoms with E-state index in [4.69, 9.17) is 4.74 Å². The Labute approximate surface area is 156 Å². The number of aromatic nitrogens is 2. The molecular weight excluding hydrogens is 347 g/mol. The number of hydrogen-bond donors (Lipinski definition) is 2. The minimum Gasteiger partial charge on any atom is -0.497 e. The number of hydrogen-bond acceptors (Lipinski definition) is 5. The number of anilines is 2. The van der Waals surface area contributed by atoms with Crippen molar-refractivity contribution in [1.82, 2.24) is 15.3 Å². The van der Waals surface area contributed by atoms with Crippen LogP contribution < -0.4 is 15.4 Å². The van der Waals surface area contributed by atoms with Gasteiger partial charge in [-0.25, -0.2) is 14.4 Å². The lowest BCUT2D eigenvalue weighted by Crippen LogP contribution is -2.24. The Balaban J connectivity index is 1.69. The lowest BCUT2D eigenvalue weighted by molar-refractivity contribution is 0.0945. The molecule has 1 heterocycles. The van der Waals surface area contributed by atoms with Crippen LogP contribution in [-0.2, 0) is 6.54 Å².